The van der Waals surface area contributed by atoms with Crippen molar-refractivity contribution >= 4 is 5.78 Å². The van der Waals surface area contributed by atoms with Crippen LogP contribution in [-0.2, 0) is 13.1 Å². The van der Waals surface area contributed by atoms with Crippen LogP contribution in [0.2, 0.25) is 0 Å². The first-order chi connectivity index (χ1) is 13.2. The summed E-state index contributed by atoms with van der Waals surface area (Å²) in [6, 6.07) is 7.02. The summed E-state index contributed by atoms with van der Waals surface area (Å²) in [6.07, 6.45) is 9.06. The number of carbonyl (C=O) groups is 1. The molecule has 2 N–H and O–H groups in total. The number of hydrogen-bond acceptors (Lipinski definition) is 6. The molecule has 1 saturated carbocycles. The molecular weight excluding hydrogens is 340 g/mol. The van der Waals surface area contributed by atoms with Crippen molar-refractivity contribution in [1.29, 1.82) is 5.26 Å². The molecule has 4 rings (SSSR count). The van der Waals surface area contributed by atoms with Gasteiger partial charge in [-0.05, 0) is 37.0 Å². The standard InChI is InChI=1S/C20H18N6O/c21-6-14-3-4-17(20-23-8-15(7-22)9-24-20)18(5-14)19(27)16-10-25-26(12-16)11-13-1-2-13/h3-5,8-10,12-13H,1-2,7,11,22H2. The first-order valence-electron chi connectivity index (χ1n) is 8.80. The van der Waals surface area contributed by atoms with Crippen molar-refractivity contribution in [1.82, 2.24) is 19.7 Å². The minimum Gasteiger partial charge on any atom is -0.326 e. The summed E-state index contributed by atoms with van der Waals surface area (Å²) in [5.41, 5.74) is 8.27. The summed E-state index contributed by atoms with van der Waals surface area (Å²) in [7, 11) is 0. The van der Waals surface area contributed by atoms with Crippen molar-refractivity contribution in [3.05, 3.63) is 65.2 Å². The molecule has 0 atom stereocenters. The molecule has 2 aromatic heterocycles. The van der Waals surface area contributed by atoms with Gasteiger partial charge in [-0.15, -0.1) is 0 Å². The number of benzene rings is 1. The Hall–Kier alpha value is -3.37. The van der Waals surface area contributed by atoms with Crippen LogP contribution < -0.4 is 5.73 Å². The SMILES string of the molecule is N#Cc1ccc(-c2ncc(CN)cn2)c(C(=O)c2cnn(CC3CC3)c2)c1. The van der Waals surface area contributed by atoms with Gasteiger partial charge >= 0.3 is 0 Å². The van der Waals surface area contributed by atoms with Gasteiger partial charge in [0.25, 0.3) is 0 Å². The molecule has 1 aliphatic carbocycles. The summed E-state index contributed by atoms with van der Waals surface area (Å²) < 4.78 is 1.81. The fourth-order valence-corrected chi connectivity index (χ4v) is 2.90. The van der Waals surface area contributed by atoms with Crippen molar-refractivity contribution < 1.29 is 4.79 Å². The van der Waals surface area contributed by atoms with Gasteiger partial charge in [-0.25, -0.2) is 9.97 Å². The largest absolute Gasteiger partial charge is 0.326 e. The van der Waals surface area contributed by atoms with E-state index in [2.05, 4.69) is 21.1 Å². The Balaban J connectivity index is 1.71. The maximum absolute atomic E-state index is 13.1. The van der Waals surface area contributed by atoms with E-state index in [0.29, 0.717) is 40.5 Å². The molecule has 3 aromatic rings. The summed E-state index contributed by atoms with van der Waals surface area (Å²) in [5.74, 6) is 0.890. The van der Waals surface area contributed by atoms with E-state index in [4.69, 9.17) is 5.73 Å². The summed E-state index contributed by atoms with van der Waals surface area (Å²) in [4.78, 5) is 21.7. The van der Waals surface area contributed by atoms with Crippen molar-refractivity contribution in [3.8, 4) is 17.5 Å². The first kappa shape index (κ1) is 17.1. The van der Waals surface area contributed by atoms with Gasteiger partial charge in [0.2, 0.25) is 0 Å². The van der Waals surface area contributed by atoms with Crippen LogP contribution in [0, 0.1) is 17.2 Å². The van der Waals surface area contributed by atoms with E-state index in [-0.39, 0.29) is 5.78 Å². The van der Waals surface area contributed by atoms with Crippen LogP contribution in [0.3, 0.4) is 0 Å². The predicted molar refractivity (Wildman–Crippen MR) is 98.5 cm³/mol. The Morgan fingerprint density at radius 1 is 1.26 bits per heavy atom. The molecule has 1 fully saturated rings. The smallest absolute Gasteiger partial charge is 0.196 e. The zero-order valence-corrected chi connectivity index (χ0v) is 14.7. The molecule has 7 heteroatoms. The lowest BCUT2D eigenvalue weighted by Crippen LogP contribution is -2.06. The van der Waals surface area contributed by atoms with Crippen LogP contribution in [0.4, 0.5) is 0 Å². The van der Waals surface area contributed by atoms with Crippen molar-refractivity contribution in [2.75, 3.05) is 0 Å². The molecule has 7 nitrogen and oxygen atoms in total. The van der Waals surface area contributed by atoms with Gasteiger partial charge in [0, 0.05) is 48.4 Å². The highest BCUT2D eigenvalue weighted by Gasteiger charge is 2.23. The second-order valence-electron chi connectivity index (χ2n) is 6.71. The van der Waals surface area contributed by atoms with Crippen LogP contribution in [0.5, 0.6) is 0 Å². The van der Waals surface area contributed by atoms with E-state index in [1.165, 1.54) is 12.8 Å². The average molecular weight is 358 g/mol. The van der Waals surface area contributed by atoms with Crippen LogP contribution in [-0.4, -0.2) is 25.5 Å². The highest BCUT2D eigenvalue weighted by atomic mass is 16.1. The number of aromatic nitrogens is 4. The van der Waals surface area contributed by atoms with Crippen molar-refractivity contribution in [2.45, 2.75) is 25.9 Å². The second-order valence-corrected chi connectivity index (χ2v) is 6.71. The number of nitrogens with zero attached hydrogens (tertiary/aromatic N) is 5. The molecular formula is C20H18N6O. The molecule has 1 aliphatic rings. The molecule has 27 heavy (non-hydrogen) atoms. The minimum absolute atomic E-state index is 0.198. The molecule has 1 aromatic carbocycles. The zero-order valence-electron chi connectivity index (χ0n) is 14.7. The van der Waals surface area contributed by atoms with Gasteiger partial charge in [0.05, 0.1) is 23.4 Å². The van der Waals surface area contributed by atoms with Gasteiger partial charge in [0.15, 0.2) is 11.6 Å². The average Bonchev–Trinajstić information content (AvgIpc) is 3.41. The predicted octanol–water partition coefficient (Wildman–Crippen LogP) is 2.31. The van der Waals surface area contributed by atoms with Crippen molar-refractivity contribution in [2.24, 2.45) is 11.7 Å². The van der Waals surface area contributed by atoms with Gasteiger partial charge in [0.1, 0.15) is 0 Å². The fourth-order valence-electron chi connectivity index (χ4n) is 2.90. The van der Waals surface area contributed by atoms with Gasteiger partial charge in [-0.1, -0.05) is 0 Å². The van der Waals surface area contributed by atoms with Gasteiger partial charge < -0.3 is 5.73 Å². The Bertz CT molecular complexity index is 1030. The van der Waals surface area contributed by atoms with Crippen molar-refractivity contribution in [3.63, 3.8) is 0 Å². The third-order valence-corrected chi connectivity index (χ3v) is 4.61. The van der Waals surface area contributed by atoms with Crippen LogP contribution in [0.15, 0.2) is 43.0 Å². The molecule has 0 aliphatic heterocycles. The molecule has 0 spiro atoms. The molecule has 0 saturated heterocycles. The maximum Gasteiger partial charge on any atom is 0.196 e. The Labute approximate surface area is 156 Å². The third-order valence-electron chi connectivity index (χ3n) is 4.61. The highest BCUT2D eigenvalue weighted by molar-refractivity contribution is 6.12. The summed E-state index contributed by atoms with van der Waals surface area (Å²) >= 11 is 0. The van der Waals surface area contributed by atoms with E-state index < -0.39 is 0 Å². The lowest BCUT2D eigenvalue weighted by Gasteiger charge is -2.08. The first-order valence-corrected chi connectivity index (χ1v) is 8.80. The number of ketones is 1. The number of carbonyl (C=O) groups excluding carboxylic acids is 1. The highest BCUT2D eigenvalue weighted by Crippen LogP contribution is 2.30. The van der Waals surface area contributed by atoms with Gasteiger partial charge in [-0.2, -0.15) is 10.4 Å². The number of nitriles is 1. The van der Waals surface area contributed by atoms with E-state index in [1.807, 2.05) is 4.68 Å². The molecule has 0 radical (unpaired) electrons. The Kier molecular flexibility index (Phi) is 4.48. The second kappa shape index (κ2) is 7.09. The van der Waals surface area contributed by atoms with E-state index >= 15 is 0 Å². The van der Waals surface area contributed by atoms with Gasteiger partial charge in [-0.3, -0.25) is 9.48 Å². The lowest BCUT2D eigenvalue weighted by molar-refractivity contribution is 0.103. The molecule has 0 unspecified atom stereocenters. The normalized spacial score (nSPS) is 13.3. The molecule has 0 amide bonds. The third kappa shape index (κ3) is 3.61. The zero-order chi connectivity index (χ0) is 18.8. The summed E-state index contributed by atoms with van der Waals surface area (Å²) in [6.45, 7) is 1.18. The molecule has 2 heterocycles. The molecule has 0 bridgehead atoms. The van der Waals surface area contributed by atoms with Crippen LogP contribution in [0.25, 0.3) is 11.4 Å². The van der Waals surface area contributed by atoms with E-state index in [0.717, 1.165) is 12.1 Å². The Morgan fingerprint density at radius 2 is 2.04 bits per heavy atom. The number of hydrogen-bond donors (Lipinski definition) is 1. The van der Waals surface area contributed by atoms with Crippen LogP contribution >= 0.6 is 0 Å². The topological polar surface area (TPSA) is 110 Å². The van der Waals surface area contributed by atoms with E-state index in [1.54, 1.807) is 43.0 Å². The maximum atomic E-state index is 13.1. The lowest BCUT2D eigenvalue weighted by atomic mass is 9.97. The minimum atomic E-state index is -0.198. The fraction of sp³-hybridized carbons (Fsp3) is 0.250. The Morgan fingerprint density at radius 3 is 2.70 bits per heavy atom. The number of nitrogens with two attached hydrogens (primary N) is 1. The summed E-state index contributed by atoms with van der Waals surface area (Å²) in [5, 5.41) is 13.5. The monoisotopic (exact) mass is 358 g/mol. The molecule has 134 valence electrons. The number of rotatable bonds is 6. The van der Waals surface area contributed by atoms with Crippen LogP contribution in [0.1, 0.15) is 39.9 Å². The quantitative estimate of drug-likeness (QED) is 0.677. The van der Waals surface area contributed by atoms with E-state index in [9.17, 15) is 10.1 Å².